The fourth-order valence-corrected chi connectivity index (χ4v) is 1.93. The van der Waals surface area contributed by atoms with E-state index < -0.39 is 0 Å². The Bertz CT molecular complexity index is 624. The van der Waals surface area contributed by atoms with Crippen molar-refractivity contribution in [1.82, 2.24) is 0 Å². The lowest BCUT2D eigenvalue weighted by Gasteiger charge is -2.08. The van der Waals surface area contributed by atoms with Crippen LogP contribution >= 0.6 is 0 Å². The molecule has 0 fully saturated rings. The summed E-state index contributed by atoms with van der Waals surface area (Å²) in [7, 11) is 1.47. The van der Waals surface area contributed by atoms with Gasteiger partial charge in [-0.25, -0.2) is 0 Å². The molecule has 0 heterocycles. The van der Waals surface area contributed by atoms with E-state index in [4.69, 9.17) is 10.5 Å². The first-order valence-electron chi connectivity index (χ1n) is 6.60. The van der Waals surface area contributed by atoms with Gasteiger partial charge in [0, 0.05) is 23.9 Å². The molecule has 0 saturated heterocycles. The van der Waals surface area contributed by atoms with Crippen molar-refractivity contribution < 1.29 is 14.6 Å². The Hall–Kier alpha value is -2.69. The van der Waals surface area contributed by atoms with E-state index in [0.717, 1.165) is 5.56 Å². The molecule has 0 aliphatic heterocycles. The van der Waals surface area contributed by atoms with Gasteiger partial charge in [0.1, 0.15) is 0 Å². The zero-order valence-electron chi connectivity index (χ0n) is 11.8. The number of rotatable bonds is 5. The van der Waals surface area contributed by atoms with E-state index in [1.54, 1.807) is 12.1 Å². The summed E-state index contributed by atoms with van der Waals surface area (Å²) in [5, 5.41) is 12.4. The number of hydrogen-bond donors (Lipinski definition) is 3. The first-order chi connectivity index (χ1) is 10.1. The summed E-state index contributed by atoms with van der Waals surface area (Å²) in [6.45, 7) is 0. The van der Waals surface area contributed by atoms with E-state index in [2.05, 4.69) is 5.32 Å². The standard InChI is InChI=1S/C16H18N2O3/c1-21-15-8-7-13(10-14(15)19)18-16(20)9-4-11-2-5-12(17)6-3-11/h2-3,5-8,10,19H,4,9,17H2,1H3,(H,18,20). The van der Waals surface area contributed by atoms with Gasteiger partial charge in [0.15, 0.2) is 11.5 Å². The Labute approximate surface area is 123 Å². The Morgan fingerprint density at radius 2 is 1.95 bits per heavy atom. The van der Waals surface area contributed by atoms with Gasteiger partial charge in [0.05, 0.1) is 7.11 Å². The highest BCUT2D eigenvalue weighted by molar-refractivity contribution is 5.91. The van der Waals surface area contributed by atoms with Gasteiger partial charge < -0.3 is 20.9 Å². The van der Waals surface area contributed by atoms with Crippen molar-refractivity contribution in [2.24, 2.45) is 0 Å². The predicted molar refractivity (Wildman–Crippen MR) is 82.5 cm³/mol. The summed E-state index contributed by atoms with van der Waals surface area (Å²) in [6, 6.07) is 12.2. The summed E-state index contributed by atoms with van der Waals surface area (Å²) in [5.41, 5.74) is 7.91. The van der Waals surface area contributed by atoms with Crippen LogP contribution in [0.3, 0.4) is 0 Å². The molecule has 0 atom stereocenters. The molecule has 0 saturated carbocycles. The maximum Gasteiger partial charge on any atom is 0.224 e. The molecule has 0 bridgehead atoms. The minimum atomic E-state index is -0.114. The maximum atomic E-state index is 11.9. The van der Waals surface area contributed by atoms with Crippen LogP contribution in [0, 0.1) is 0 Å². The average Bonchev–Trinajstić information content (AvgIpc) is 2.47. The highest BCUT2D eigenvalue weighted by Gasteiger charge is 2.06. The van der Waals surface area contributed by atoms with Gasteiger partial charge in [-0.3, -0.25) is 4.79 Å². The number of aryl methyl sites for hydroxylation is 1. The number of methoxy groups -OCH3 is 1. The molecule has 0 unspecified atom stereocenters. The molecule has 5 heteroatoms. The number of carbonyl (C=O) groups is 1. The highest BCUT2D eigenvalue weighted by Crippen LogP contribution is 2.28. The molecule has 0 aromatic heterocycles. The minimum Gasteiger partial charge on any atom is -0.504 e. The number of ether oxygens (including phenoxy) is 1. The van der Waals surface area contributed by atoms with E-state index in [-0.39, 0.29) is 11.7 Å². The number of aromatic hydroxyl groups is 1. The zero-order valence-corrected chi connectivity index (χ0v) is 11.8. The van der Waals surface area contributed by atoms with Crippen molar-refractivity contribution in [2.75, 3.05) is 18.2 Å². The monoisotopic (exact) mass is 286 g/mol. The van der Waals surface area contributed by atoms with Crippen LogP contribution in [0.5, 0.6) is 11.5 Å². The predicted octanol–water partition coefficient (Wildman–Crippen LogP) is 2.55. The molecular weight excluding hydrogens is 268 g/mol. The van der Waals surface area contributed by atoms with Gasteiger partial charge in [0.25, 0.3) is 0 Å². The van der Waals surface area contributed by atoms with E-state index in [0.29, 0.717) is 30.0 Å². The minimum absolute atomic E-state index is 0.00571. The Balaban J connectivity index is 1.89. The van der Waals surface area contributed by atoms with Crippen molar-refractivity contribution in [3.8, 4) is 11.5 Å². The molecule has 0 aliphatic carbocycles. The molecule has 1 amide bonds. The summed E-state index contributed by atoms with van der Waals surface area (Å²) in [6.07, 6.45) is 0.991. The molecule has 4 N–H and O–H groups in total. The van der Waals surface area contributed by atoms with Crippen LogP contribution in [-0.2, 0) is 11.2 Å². The Morgan fingerprint density at radius 1 is 1.24 bits per heavy atom. The van der Waals surface area contributed by atoms with Crippen molar-refractivity contribution >= 4 is 17.3 Å². The van der Waals surface area contributed by atoms with Crippen molar-refractivity contribution in [1.29, 1.82) is 0 Å². The van der Waals surface area contributed by atoms with E-state index in [1.165, 1.54) is 13.2 Å². The van der Waals surface area contributed by atoms with Gasteiger partial charge in [-0.05, 0) is 36.2 Å². The van der Waals surface area contributed by atoms with Crippen LogP contribution in [0.2, 0.25) is 0 Å². The van der Waals surface area contributed by atoms with Gasteiger partial charge >= 0.3 is 0 Å². The third kappa shape index (κ3) is 4.14. The third-order valence-electron chi connectivity index (χ3n) is 3.08. The molecule has 0 aliphatic rings. The summed E-state index contributed by atoms with van der Waals surface area (Å²) < 4.78 is 4.95. The number of phenolic OH excluding ortho intramolecular Hbond substituents is 1. The van der Waals surface area contributed by atoms with E-state index >= 15 is 0 Å². The number of nitrogens with one attached hydrogen (secondary N) is 1. The van der Waals surface area contributed by atoms with Gasteiger partial charge in [-0.2, -0.15) is 0 Å². The topological polar surface area (TPSA) is 84.6 Å². The van der Waals surface area contributed by atoms with Crippen molar-refractivity contribution in [3.05, 3.63) is 48.0 Å². The van der Waals surface area contributed by atoms with Crippen LogP contribution in [-0.4, -0.2) is 18.1 Å². The largest absolute Gasteiger partial charge is 0.504 e. The van der Waals surface area contributed by atoms with Crippen LogP contribution in [0.4, 0.5) is 11.4 Å². The molecule has 2 aromatic rings. The van der Waals surface area contributed by atoms with Crippen molar-refractivity contribution in [2.45, 2.75) is 12.8 Å². The average molecular weight is 286 g/mol. The highest BCUT2D eigenvalue weighted by atomic mass is 16.5. The fourth-order valence-electron chi connectivity index (χ4n) is 1.93. The van der Waals surface area contributed by atoms with Crippen LogP contribution in [0.25, 0.3) is 0 Å². The number of amides is 1. The summed E-state index contributed by atoms with van der Waals surface area (Å²) in [4.78, 5) is 11.9. The Kier molecular flexibility index (Phi) is 4.66. The molecule has 110 valence electrons. The quantitative estimate of drug-likeness (QED) is 0.737. The maximum absolute atomic E-state index is 11.9. The van der Waals surface area contributed by atoms with Crippen LogP contribution in [0.1, 0.15) is 12.0 Å². The first-order valence-corrected chi connectivity index (χ1v) is 6.60. The third-order valence-corrected chi connectivity index (χ3v) is 3.08. The number of anilines is 2. The van der Waals surface area contributed by atoms with Crippen LogP contribution < -0.4 is 15.8 Å². The number of benzene rings is 2. The molecule has 2 rings (SSSR count). The lowest BCUT2D eigenvalue weighted by atomic mass is 10.1. The molecule has 5 nitrogen and oxygen atoms in total. The molecular formula is C16H18N2O3. The lowest BCUT2D eigenvalue weighted by molar-refractivity contribution is -0.116. The summed E-state index contributed by atoms with van der Waals surface area (Å²) >= 11 is 0. The Morgan fingerprint density at radius 3 is 2.57 bits per heavy atom. The summed E-state index contributed by atoms with van der Waals surface area (Å²) in [5.74, 6) is 0.250. The van der Waals surface area contributed by atoms with Crippen molar-refractivity contribution in [3.63, 3.8) is 0 Å². The number of carbonyl (C=O) groups excluding carboxylic acids is 1. The smallest absolute Gasteiger partial charge is 0.224 e. The molecule has 0 spiro atoms. The van der Waals surface area contributed by atoms with Gasteiger partial charge in [-0.15, -0.1) is 0 Å². The second-order valence-corrected chi connectivity index (χ2v) is 4.68. The van der Waals surface area contributed by atoms with Gasteiger partial charge in [0.2, 0.25) is 5.91 Å². The van der Waals surface area contributed by atoms with E-state index in [1.807, 2.05) is 24.3 Å². The second-order valence-electron chi connectivity index (χ2n) is 4.68. The number of nitrogens with two attached hydrogens (primary N) is 1. The van der Waals surface area contributed by atoms with Gasteiger partial charge in [-0.1, -0.05) is 12.1 Å². The lowest BCUT2D eigenvalue weighted by Crippen LogP contribution is -2.12. The number of phenols is 1. The SMILES string of the molecule is COc1ccc(NC(=O)CCc2ccc(N)cc2)cc1O. The first kappa shape index (κ1) is 14.7. The molecule has 21 heavy (non-hydrogen) atoms. The number of hydrogen-bond acceptors (Lipinski definition) is 4. The fraction of sp³-hybridized carbons (Fsp3) is 0.188. The van der Waals surface area contributed by atoms with Crippen LogP contribution in [0.15, 0.2) is 42.5 Å². The second kappa shape index (κ2) is 6.65. The normalized spacial score (nSPS) is 10.1. The molecule has 0 radical (unpaired) electrons. The van der Waals surface area contributed by atoms with E-state index in [9.17, 15) is 9.90 Å². The zero-order chi connectivity index (χ0) is 15.2. The number of nitrogen functional groups attached to an aromatic ring is 1. The molecule has 2 aromatic carbocycles.